The molecule has 0 aliphatic rings. The van der Waals surface area contributed by atoms with Crippen molar-refractivity contribution in [2.45, 2.75) is 27.3 Å². The highest BCUT2D eigenvalue weighted by molar-refractivity contribution is 5.35. The third-order valence-corrected chi connectivity index (χ3v) is 2.95. The van der Waals surface area contributed by atoms with Crippen molar-refractivity contribution in [1.82, 2.24) is 15.3 Å². The predicted octanol–water partition coefficient (Wildman–Crippen LogP) is 3.00. The lowest BCUT2D eigenvalue weighted by atomic mass is 10.1. The van der Waals surface area contributed by atoms with Gasteiger partial charge in [-0.1, -0.05) is 13.0 Å². The number of hydrogen-bond acceptors (Lipinski definition) is 4. The van der Waals surface area contributed by atoms with Gasteiger partial charge in [-0.2, -0.15) is 0 Å². The Labute approximate surface area is 113 Å². The Balaban J connectivity index is 2.04. The molecular formula is C15H19N3O. The molecule has 4 heteroatoms. The number of nitrogens with zero attached hydrogens (tertiary/aromatic N) is 2. The number of aryl methyl sites for hydroxylation is 2. The molecule has 0 unspecified atom stereocenters. The van der Waals surface area contributed by atoms with E-state index in [2.05, 4.69) is 36.1 Å². The number of hydrogen-bond donors (Lipinski definition) is 1. The molecule has 0 fully saturated rings. The van der Waals surface area contributed by atoms with Crippen LogP contribution in [0.2, 0.25) is 0 Å². The minimum Gasteiger partial charge on any atom is -0.424 e. The molecule has 0 atom stereocenters. The van der Waals surface area contributed by atoms with Crippen LogP contribution in [0.3, 0.4) is 0 Å². The number of rotatable bonds is 5. The first-order valence-electron chi connectivity index (χ1n) is 6.46. The van der Waals surface area contributed by atoms with Gasteiger partial charge in [0.05, 0.1) is 0 Å². The third-order valence-electron chi connectivity index (χ3n) is 2.95. The lowest BCUT2D eigenvalue weighted by Gasteiger charge is -2.07. The van der Waals surface area contributed by atoms with Gasteiger partial charge >= 0.3 is 6.01 Å². The number of ether oxygens (including phenoxy) is 1. The maximum atomic E-state index is 5.63. The largest absolute Gasteiger partial charge is 0.424 e. The lowest BCUT2D eigenvalue weighted by Crippen LogP contribution is -2.12. The Hall–Kier alpha value is -1.94. The average Bonchev–Trinajstić information content (AvgIpc) is 2.42. The van der Waals surface area contributed by atoms with Crippen molar-refractivity contribution >= 4 is 0 Å². The van der Waals surface area contributed by atoms with Crippen molar-refractivity contribution in [2.75, 3.05) is 6.54 Å². The predicted molar refractivity (Wildman–Crippen MR) is 75.4 cm³/mol. The summed E-state index contributed by atoms with van der Waals surface area (Å²) in [6.45, 7) is 7.91. The number of nitrogens with one attached hydrogen (secondary N) is 1. The summed E-state index contributed by atoms with van der Waals surface area (Å²) in [6.07, 6.45) is 3.57. The van der Waals surface area contributed by atoms with Gasteiger partial charge in [0.1, 0.15) is 5.75 Å². The summed E-state index contributed by atoms with van der Waals surface area (Å²) >= 11 is 0. The maximum absolute atomic E-state index is 5.63. The van der Waals surface area contributed by atoms with E-state index in [1.165, 1.54) is 11.1 Å². The van der Waals surface area contributed by atoms with Crippen LogP contribution in [-0.4, -0.2) is 16.5 Å². The third kappa shape index (κ3) is 3.76. The molecule has 100 valence electrons. The minimum atomic E-state index is 0.378. The molecule has 1 aromatic heterocycles. The monoisotopic (exact) mass is 257 g/mol. The van der Waals surface area contributed by atoms with Crippen LogP contribution >= 0.6 is 0 Å². The van der Waals surface area contributed by atoms with E-state index in [-0.39, 0.29) is 0 Å². The van der Waals surface area contributed by atoms with Gasteiger partial charge in [0.25, 0.3) is 0 Å². The van der Waals surface area contributed by atoms with E-state index in [1.807, 2.05) is 18.2 Å². The molecule has 0 aliphatic carbocycles. The van der Waals surface area contributed by atoms with Crippen molar-refractivity contribution in [3.8, 4) is 11.8 Å². The molecule has 0 radical (unpaired) electrons. The van der Waals surface area contributed by atoms with E-state index in [9.17, 15) is 0 Å². The first-order valence-corrected chi connectivity index (χ1v) is 6.46. The molecule has 2 aromatic rings. The summed E-state index contributed by atoms with van der Waals surface area (Å²) in [5, 5.41) is 3.23. The Morgan fingerprint density at radius 2 is 1.84 bits per heavy atom. The van der Waals surface area contributed by atoms with Crippen molar-refractivity contribution < 1.29 is 4.74 Å². The van der Waals surface area contributed by atoms with Gasteiger partial charge in [-0.3, -0.25) is 0 Å². The molecule has 19 heavy (non-hydrogen) atoms. The molecule has 0 saturated carbocycles. The summed E-state index contributed by atoms with van der Waals surface area (Å²) in [5.74, 6) is 0.766. The second kappa shape index (κ2) is 6.29. The first-order chi connectivity index (χ1) is 9.19. The summed E-state index contributed by atoms with van der Waals surface area (Å²) in [5.41, 5.74) is 3.49. The van der Waals surface area contributed by atoms with Gasteiger partial charge in [0.15, 0.2) is 0 Å². The van der Waals surface area contributed by atoms with Gasteiger partial charge in [0, 0.05) is 24.5 Å². The van der Waals surface area contributed by atoms with Crippen LogP contribution in [0.25, 0.3) is 0 Å². The molecule has 0 saturated heterocycles. The zero-order chi connectivity index (χ0) is 13.7. The van der Waals surface area contributed by atoms with Crippen LogP contribution in [0.4, 0.5) is 0 Å². The maximum Gasteiger partial charge on any atom is 0.321 e. The number of aromatic nitrogens is 2. The van der Waals surface area contributed by atoms with E-state index < -0.39 is 0 Å². The summed E-state index contributed by atoms with van der Waals surface area (Å²) in [7, 11) is 0. The van der Waals surface area contributed by atoms with Crippen LogP contribution in [0, 0.1) is 13.8 Å². The van der Waals surface area contributed by atoms with E-state index in [4.69, 9.17) is 4.74 Å². The van der Waals surface area contributed by atoms with Gasteiger partial charge < -0.3 is 10.1 Å². The Kier molecular flexibility index (Phi) is 4.47. The van der Waals surface area contributed by atoms with Crippen molar-refractivity contribution in [3.63, 3.8) is 0 Å². The Morgan fingerprint density at radius 1 is 1.11 bits per heavy atom. The quantitative estimate of drug-likeness (QED) is 0.894. The fourth-order valence-corrected chi connectivity index (χ4v) is 1.64. The summed E-state index contributed by atoms with van der Waals surface area (Å²) < 4.78 is 5.63. The van der Waals surface area contributed by atoms with E-state index in [0.29, 0.717) is 6.01 Å². The first kappa shape index (κ1) is 13.5. The van der Waals surface area contributed by atoms with Crippen LogP contribution in [-0.2, 0) is 6.54 Å². The molecule has 0 aliphatic heterocycles. The summed E-state index contributed by atoms with van der Waals surface area (Å²) in [4.78, 5) is 8.41. The van der Waals surface area contributed by atoms with Crippen LogP contribution in [0.15, 0.2) is 30.6 Å². The van der Waals surface area contributed by atoms with Crippen LogP contribution in [0.5, 0.6) is 11.8 Å². The zero-order valence-corrected chi connectivity index (χ0v) is 11.6. The molecule has 0 amide bonds. The highest BCUT2D eigenvalue weighted by Crippen LogP contribution is 2.20. The van der Waals surface area contributed by atoms with E-state index in [0.717, 1.165) is 24.4 Å². The van der Waals surface area contributed by atoms with Gasteiger partial charge in [-0.05, 0) is 43.7 Å². The van der Waals surface area contributed by atoms with Crippen molar-refractivity contribution in [3.05, 3.63) is 47.3 Å². The smallest absolute Gasteiger partial charge is 0.321 e. The molecule has 1 N–H and O–H groups in total. The molecule has 4 nitrogen and oxygen atoms in total. The number of benzene rings is 1. The van der Waals surface area contributed by atoms with Crippen LogP contribution in [0.1, 0.15) is 23.6 Å². The standard InChI is InChI=1S/C15H19N3O/c1-4-16-8-13-9-17-15(18-10-13)19-14-6-5-11(2)12(3)7-14/h5-7,9-10,16H,4,8H2,1-3H3. The van der Waals surface area contributed by atoms with Gasteiger partial charge in [-0.25, -0.2) is 9.97 Å². The van der Waals surface area contributed by atoms with Crippen LogP contribution < -0.4 is 10.1 Å². The highest BCUT2D eigenvalue weighted by Gasteiger charge is 2.02. The normalized spacial score (nSPS) is 10.5. The highest BCUT2D eigenvalue weighted by atomic mass is 16.5. The fourth-order valence-electron chi connectivity index (χ4n) is 1.64. The molecular weight excluding hydrogens is 238 g/mol. The van der Waals surface area contributed by atoms with E-state index in [1.54, 1.807) is 12.4 Å². The van der Waals surface area contributed by atoms with Gasteiger partial charge in [-0.15, -0.1) is 0 Å². The second-order valence-corrected chi connectivity index (χ2v) is 4.50. The molecule has 1 heterocycles. The fraction of sp³-hybridized carbons (Fsp3) is 0.333. The van der Waals surface area contributed by atoms with Crippen molar-refractivity contribution in [2.24, 2.45) is 0 Å². The minimum absolute atomic E-state index is 0.378. The SMILES string of the molecule is CCNCc1cnc(Oc2ccc(C)c(C)c2)nc1. The molecule has 1 aromatic carbocycles. The zero-order valence-electron chi connectivity index (χ0n) is 11.6. The van der Waals surface area contributed by atoms with Crippen molar-refractivity contribution in [1.29, 1.82) is 0 Å². The topological polar surface area (TPSA) is 47.0 Å². The second-order valence-electron chi connectivity index (χ2n) is 4.50. The molecule has 0 spiro atoms. The van der Waals surface area contributed by atoms with E-state index >= 15 is 0 Å². The average molecular weight is 257 g/mol. The van der Waals surface area contributed by atoms with Gasteiger partial charge in [0.2, 0.25) is 0 Å². The molecule has 2 rings (SSSR count). The Bertz CT molecular complexity index is 538. The lowest BCUT2D eigenvalue weighted by molar-refractivity contribution is 0.440. The molecule has 0 bridgehead atoms. The Morgan fingerprint density at radius 3 is 2.47 bits per heavy atom. The summed E-state index contributed by atoms with van der Waals surface area (Å²) in [6, 6.07) is 6.33.